The van der Waals surface area contributed by atoms with Gasteiger partial charge in [0.15, 0.2) is 0 Å². The van der Waals surface area contributed by atoms with Crippen molar-refractivity contribution in [2.24, 2.45) is 0 Å². The first-order valence-electron chi connectivity index (χ1n) is 6.74. The average Bonchev–Trinajstić information content (AvgIpc) is 2.42. The summed E-state index contributed by atoms with van der Waals surface area (Å²) in [6.45, 7) is 4.61. The van der Waals surface area contributed by atoms with Crippen LogP contribution in [0.3, 0.4) is 0 Å². The van der Waals surface area contributed by atoms with E-state index in [0.717, 1.165) is 11.1 Å². The second-order valence-electron chi connectivity index (χ2n) is 5.03. The third-order valence-electron chi connectivity index (χ3n) is 3.20. The van der Waals surface area contributed by atoms with E-state index in [1.807, 2.05) is 19.9 Å². The summed E-state index contributed by atoms with van der Waals surface area (Å²) in [6.07, 6.45) is 0. The maximum Gasteiger partial charge on any atom is 0.254 e. The fourth-order valence-electron chi connectivity index (χ4n) is 1.94. The number of aryl methyl sites for hydroxylation is 2. The smallest absolute Gasteiger partial charge is 0.254 e. The van der Waals surface area contributed by atoms with Crippen LogP contribution in [0.25, 0.3) is 0 Å². The minimum Gasteiger partial charge on any atom is -0.398 e. The van der Waals surface area contributed by atoms with Crippen molar-refractivity contribution >= 4 is 17.5 Å². The Labute approximate surface area is 125 Å². The summed E-state index contributed by atoms with van der Waals surface area (Å²) in [5, 5.41) is 2.67. The Morgan fingerprint density at radius 1 is 1.29 bits per heavy atom. The Morgan fingerprint density at radius 3 is 2.57 bits per heavy atom. The molecule has 6 heteroatoms. The Hall–Kier alpha value is -2.08. The number of hydrogen-bond donors (Lipinski definition) is 2. The molecule has 0 heterocycles. The van der Waals surface area contributed by atoms with Gasteiger partial charge in [-0.25, -0.2) is 0 Å². The molecule has 6 nitrogen and oxygen atoms in total. The number of carbonyl (C=O) groups is 2. The van der Waals surface area contributed by atoms with Crippen LogP contribution in [0, 0.1) is 13.8 Å². The van der Waals surface area contributed by atoms with Crippen LogP contribution in [-0.2, 0) is 9.53 Å². The number of carbonyl (C=O) groups excluding carboxylic acids is 2. The highest BCUT2D eigenvalue weighted by atomic mass is 16.5. The predicted octanol–water partition coefficient (Wildman–Crippen LogP) is 0.720. The second kappa shape index (κ2) is 7.64. The molecule has 0 radical (unpaired) electrons. The molecule has 0 spiro atoms. The van der Waals surface area contributed by atoms with Crippen molar-refractivity contribution in [3.8, 4) is 0 Å². The summed E-state index contributed by atoms with van der Waals surface area (Å²) in [7, 11) is 3.15. The zero-order valence-electron chi connectivity index (χ0n) is 13.0. The van der Waals surface area contributed by atoms with Gasteiger partial charge in [0.1, 0.15) is 0 Å². The zero-order valence-corrected chi connectivity index (χ0v) is 13.0. The van der Waals surface area contributed by atoms with Crippen molar-refractivity contribution in [2.75, 3.05) is 39.6 Å². The van der Waals surface area contributed by atoms with E-state index in [0.29, 0.717) is 24.4 Å². The lowest BCUT2D eigenvalue weighted by Gasteiger charge is -2.18. The number of rotatable bonds is 6. The van der Waals surface area contributed by atoms with Gasteiger partial charge in [-0.3, -0.25) is 9.59 Å². The van der Waals surface area contributed by atoms with Gasteiger partial charge in [0, 0.05) is 32.0 Å². The molecule has 1 aromatic rings. The number of benzene rings is 1. The van der Waals surface area contributed by atoms with Crippen molar-refractivity contribution in [3.63, 3.8) is 0 Å². The van der Waals surface area contributed by atoms with E-state index in [4.69, 9.17) is 10.5 Å². The van der Waals surface area contributed by atoms with Gasteiger partial charge in [0.05, 0.1) is 13.2 Å². The molecule has 0 unspecified atom stereocenters. The molecule has 0 aliphatic heterocycles. The number of nitrogens with two attached hydrogens (primary N) is 1. The molecule has 0 aromatic heterocycles. The normalized spacial score (nSPS) is 10.3. The number of ether oxygens (including phenoxy) is 1. The monoisotopic (exact) mass is 293 g/mol. The summed E-state index contributed by atoms with van der Waals surface area (Å²) >= 11 is 0. The van der Waals surface area contributed by atoms with Crippen LogP contribution in [0.2, 0.25) is 0 Å². The average molecular weight is 293 g/mol. The minimum atomic E-state index is -0.222. The van der Waals surface area contributed by atoms with Crippen LogP contribution in [0.5, 0.6) is 0 Å². The SMILES string of the molecule is COCCNC(=O)CN(C)C(=O)c1cc(N)c(C)cc1C. The van der Waals surface area contributed by atoms with Gasteiger partial charge in [0.2, 0.25) is 5.91 Å². The van der Waals surface area contributed by atoms with E-state index >= 15 is 0 Å². The number of methoxy groups -OCH3 is 1. The molecular formula is C15H23N3O3. The van der Waals surface area contributed by atoms with Crippen LogP contribution in [-0.4, -0.2) is 50.6 Å². The highest BCUT2D eigenvalue weighted by Gasteiger charge is 2.17. The fraction of sp³-hybridized carbons (Fsp3) is 0.467. The Kier molecular flexibility index (Phi) is 6.17. The van der Waals surface area contributed by atoms with E-state index in [1.54, 1.807) is 20.2 Å². The molecule has 3 N–H and O–H groups in total. The largest absolute Gasteiger partial charge is 0.398 e. The number of hydrogen-bond acceptors (Lipinski definition) is 4. The van der Waals surface area contributed by atoms with E-state index in [1.165, 1.54) is 4.90 Å². The van der Waals surface area contributed by atoms with Crippen LogP contribution in [0.15, 0.2) is 12.1 Å². The van der Waals surface area contributed by atoms with E-state index in [9.17, 15) is 9.59 Å². The molecule has 0 saturated carbocycles. The minimum absolute atomic E-state index is 0.00420. The lowest BCUT2D eigenvalue weighted by molar-refractivity contribution is -0.121. The molecule has 0 saturated heterocycles. The third-order valence-corrected chi connectivity index (χ3v) is 3.20. The van der Waals surface area contributed by atoms with Gasteiger partial charge in [0.25, 0.3) is 5.91 Å². The zero-order chi connectivity index (χ0) is 16.0. The van der Waals surface area contributed by atoms with Crippen LogP contribution >= 0.6 is 0 Å². The Morgan fingerprint density at radius 2 is 1.95 bits per heavy atom. The molecule has 116 valence electrons. The van der Waals surface area contributed by atoms with Crippen LogP contribution in [0.4, 0.5) is 5.69 Å². The molecular weight excluding hydrogens is 270 g/mol. The number of likely N-dealkylation sites (N-methyl/N-ethyl adjacent to an activating group) is 1. The van der Waals surface area contributed by atoms with Crippen molar-refractivity contribution < 1.29 is 14.3 Å². The molecule has 1 aromatic carbocycles. The van der Waals surface area contributed by atoms with Crippen LogP contribution < -0.4 is 11.1 Å². The van der Waals surface area contributed by atoms with Crippen molar-refractivity contribution in [1.29, 1.82) is 0 Å². The van der Waals surface area contributed by atoms with Crippen molar-refractivity contribution in [3.05, 3.63) is 28.8 Å². The number of nitrogens with one attached hydrogen (secondary N) is 1. The summed E-state index contributed by atoms with van der Waals surface area (Å²) < 4.78 is 4.84. The topological polar surface area (TPSA) is 84.7 Å². The fourth-order valence-corrected chi connectivity index (χ4v) is 1.94. The first kappa shape index (κ1) is 17.0. The van der Waals surface area contributed by atoms with E-state index in [2.05, 4.69) is 5.32 Å². The first-order chi connectivity index (χ1) is 9.86. The van der Waals surface area contributed by atoms with Gasteiger partial charge in [-0.2, -0.15) is 0 Å². The lowest BCUT2D eigenvalue weighted by atomic mass is 10.0. The second-order valence-corrected chi connectivity index (χ2v) is 5.03. The van der Waals surface area contributed by atoms with Gasteiger partial charge < -0.3 is 20.7 Å². The summed E-state index contributed by atoms with van der Waals surface area (Å²) in [4.78, 5) is 25.4. The van der Waals surface area contributed by atoms with Crippen molar-refractivity contribution in [2.45, 2.75) is 13.8 Å². The molecule has 21 heavy (non-hydrogen) atoms. The maximum atomic E-state index is 12.4. The molecule has 0 aliphatic carbocycles. The molecule has 2 amide bonds. The summed E-state index contributed by atoms with van der Waals surface area (Å²) in [6, 6.07) is 3.53. The Bertz CT molecular complexity index is 529. The maximum absolute atomic E-state index is 12.4. The standard InChI is InChI=1S/C15H23N3O3/c1-10-7-11(2)13(16)8-12(10)15(20)18(3)9-14(19)17-5-6-21-4/h7-8H,5-6,9,16H2,1-4H3,(H,17,19). The summed E-state index contributed by atoms with van der Waals surface area (Å²) in [5.41, 5.74) is 8.72. The summed E-state index contributed by atoms with van der Waals surface area (Å²) in [5.74, 6) is -0.443. The number of nitrogen functional groups attached to an aromatic ring is 1. The van der Waals surface area contributed by atoms with E-state index < -0.39 is 0 Å². The van der Waals surface area contributed by atoms with Gasteiger partial charge in [-0.1, -0.05) is 6.07 Å². The molecule has 0 aliphatic rings. The highest BCUT2D eigenvalue weighted by molar-refractivity contribution is 5.98. The van der Waals surface area contributed by atoms with Gasteiger partial charge in [-0.05, 0) is 31.0 Å². The van der Waals surface area contributed by atoms with Gasteiger partial charge >= 0.3 is 0 Å². The highest BCUT2D eigenvalue weighted by Crippen LogP contribution is 2.19. The van der Waals surface area contributed by atoms with E-state index in [-0.39, 0.29) is 18.4 Å². The first-order valence-corrected chi connectivity index (χ1v) is 6.74. The van der Waals surface area contributed by atoms with Crippen LogP contribution in [0.1, 0.15) is 21.5 Å². The lowest BCUT2D eigenvalue weighted by Crippen LogP contribution is -2.39. The Balaban J connectivity index is 2.70. The third kappa shape index (κ3) is 4.75. The molecule has 1 rings (SSSR count). The molecule has 0 fully saturated rings. The van der Waals surface area contributed by atoms with Gasteiger partial charge in [-0.15, -0.1) is 0 Å². The number of amides is 2. The predicted molar refractivity (Wildman–Crippen MR) is 82.2 cm³/mol. The number of nitrogens with zero attached hydrogens (tertiary/aromatic N) is 1. The molecule has 0 bridgehead atoms. The quantitative estimate of drug-likeness (QED) is 0.598. The van der Waals surface area contributed by atoms with Crippen molar-refractivity contribution in [1.82, 2.24) is 10.2 Å². The number of anilines is 1. The molecule has 0 atom stereocenters.